The van der Waals surface area contributed by atoms with Crippen molar-refractivity contribution in [2.75, 3.05) is 11.6 Å². The molecule has 0 aliphatic heterocycles. The van der Waals surface area contributed by atoms with Gasteiger partial charge in [-0.1, -0.05) is 0 Å². The second-order valence-corrected chi connectivity index (χ2v) is 8.00. The van der Waals surface area contributed by atoms with Crippen LogP contribution in [0.5, 0.6) is 0 Å². The highest BCUT2D eigenvalue weighted by molar-refractivity contribution is 7.90. The number of anilines is 1. The van der Waals surface area contributed by atoms with E-state index in [-0.39, 0.29) is 22.8 Å². The largest absolute Gasteiger partial charge is 0.388 e. The molecular formula is C14H17FN4O3S. The van der Waals surface area contributed by atoms with Gasteiger partial charge in [-0.05, 0) is 26.2 Å². The summed E-state index contributed by atoms with van der Waals surface area (Å²) in [7, 11) is -3.62. The van der Waals surface area contributed by atoms with E-state index in [1.807, 2.05) is 0 Å². The fraction of sp³-hybridized carbons (Fsp3) is 0.500. The number of aliphatic hydroxyl groups is 1. The molecule has 0 saturated heterocycles. The molecule has 2 aromatic rings. The van der Waals surface area contributed by atoms with Crippen LogP contribution in [-0.4, -0.2) is 46.4 Å². The quantitative estimate of drug-likeness (QED) is 0.811. The molecule has 1 saturated carbocycles. The van der Waals surface area contributed by atoms with Crippen molar-refractivity contribution in [2.24, 2.45) is 0 Å². The first-order valence-corrected chi connectivity index (χ1v) is 9.08. The molecule has 2 atom stereocenters. The first kappa shape index (κ1) is 16.0. The number of rotatable bonds is 3. The number of pyridine rings is 1. The van der Waals surface area contributed by atoms with Gasteiger partial charge in [0.1, 0.15) is 5.52 Å². The van der Waals surface area contributed by atoms with Gasteiger partial charge < -0.3 is 10.4 Å². The van der Waals surface area contributed by atoms with Gasteiger partial charge in [0.25, 0.3) is 0 Å². The van der Waals surface area contributed by atoms with Crippen LogP contribution >= 0.6 is 0 Å². The highest BCUT2D eigenvalue weighted by Crippen LogP contribution is 2.33. The van der Waals surface area contributed by atoms with Crippen molar-refractivity contribution in [1.82, 2.24) is 15.0 Å². The lowest BCUT2D eigenvalue weighted by molar-refractivity contribution is 0.0578. The SMILES string of the molecule is C[C@@]1(O)CCC[C@H]1Nc1ncc(F)c2cnc(S(C)(=O)=O)nc12. The third-order valence-corrected chi connectivity index (χ3v) is 4.98. The summed E-state index contributed by atoms with van der Waals surface area (Å²) >= 11 is 0. The van der Waals surface area contributed by atoms with Crippen LogP contribution in [0.3, 0.4) is 0 Å². The molecule has 3 rings (SSSR count). The molecule has 7 nitrogen and oxygen atoms in total. The number of sulfone groups is 1. The summed E-state index contributed by atoms with van der Waals surface area (Å²) in [6.07, 6.45) is 5.37. The van der Waals surface area contributed by atoms with Gasteiger partial charge in [0.05, 0.1) is 23.2 Å². The van der Waals surface area contributed by atoms with Gasteiger partial charge in [-0.25, -0.2) is 27.8 Å². The summed E-state index contributed by atoms with van der Waals surface area (Å²) in [5, 5.41) is 13.1. The molecule has 1 fully saturated rings. The van der Waals surface area contributed by atoms with E-state index in [0.717, 1.165) is 31.5 Å². The van der Waals surface area contributed by atoms with E-state index in [4.69, 9.17) is 0 Å². The summed E-state index contributed by atoms with van der Waals surface area (Å²) in [5.41, 5.74) is -0.821. The van der Waals surface area contributed by atoms with Crippen LogP contribution < -0.4 is 5.32 Å². The summed E-state index contributed by atoms with van der Waals surface area (Å²) in [6.45, 7) is 1.72. The Kier molecular flexibility index (Phi) is 3.72. The van der Waals surface area contributed by atoms with Crippen molar-refractivity contribution < 1.29 is 17.9 Å². The van der Waals surface area contributed by atoms with Gasteiger partial charge in [0, 0.05) is 12.5 Å². The van der Waals surface area contributed by atoms with Crippen molar-refractivity contribution in [1.29, 1.82) is 0 Å². The molecule has 0 radical (unpaired) electrons. The Morgan fingerprint density at radius 3 is 2.74 bits per heavy atom. The van der Waals surface area contributed by atoms with Gasteiger partial charge in [0.2, 0.25) is 15.0 Å². The average molecular weight is 340 g/mol. The molecule has 0 spiro atoms. The number of fused-ring (bicyclic) bond motifs is 1. The van der Waals surface area contributed by atoms with E-state index in [2.05, 4.69) is 20.3 Å². The minimum Gasteiger partial charge on any atom is -0.388 e. The maximum absolute atomic E-state index is 13.9. The zero-order valence-electron chi connectivity index (χ0n) is 12.7. The molecule has 2 N–H and O–H groups in total. The third kappa shape index (κ3) is 2.98. The Bertz CT molecular complexity index is 870. The monoisotopic (exact) mass is 340 g/mol. The first-order chi connectivity index (χ1) is 10.7. The average Bonchev–Trinajstić information content (AvgIpc) is 2.79. The Morgan fingerprint density at radius 1 is 1.39 bits per heavy atom. The molecule has 9 heteroatoms. The van der Waals surface area contributed by atoms with Crippen molar-refractivity contribution in [3.8, 4) is 0 Å². The lowest BCUT2D eigenvalue weighted by atomic mass is 10.0. The predicted molar refractivity (Wildman–Crippen MR) is 82.3 cm³/mol. The van der Waals surface area contributed by atoms with E-state index in [1.54, 1.807) is 6.92 Å². The Balaban J connectivity index is 2.11. The van der Waals surface area contributed by atoms with Gasteiger partial charge in [-0.2, -0.15) is 0 Å². The summed E-state index contributed by atoms with van der Waals surface area (Å²) in [5.74, 6) is -0.398. The van der Waals surface area contributed by atoms with Gasteiger partial charge in [-0.3, -0.25) is 0 Å². The van der Waals surface area contributed by atoms with Crippen LogP contribution in [0.25, 0.3) is 10.9 Å². The second kappa shape index (κ2) is 5.34. The first-order valence-electron chi connectivity index (χ1n) is 7.19. The molecule has 124 valence electrons. The molecule has 1 aliphatic rings. The number of hydrogen-bond acceptors (Lipinski definition) is 7. The fourth-order valence-corrected chi connectivity index (χ4v) is 3.30. The van der Waals surface area contributed by atoms with Crippen LogP contribution in [0, 0.1) is 5.82 Å². The van der Waals surface area contributed by atoms with E-state index >= 15 is 0 Å². The number of nitrogens with zero attached hydrogens (tertiary/aromatic N) is 3. The van der Waals surface area contributed by atoms with Crippen molar-refractivity contribution in [3.63, 3.8) is 0 Å². The highest BCUT2D eigenvalue weighted by atomic mass is 32.2. The highest BCUT2D eigenvalue weighted by Gasteiger charge is 2.37. The molecule has 0 bridgehead atoms. The predicted octanol–water partition coefficient (Wildman–Crippen LogP) is 1.28. The normalized spacial score (nSPS) is 25.0. The minimum atomic E-state index is -3.62. The lowest BCUT2D eigenvalue weighted by Gasteiger charge is -2.27. The molecule has 2 heterocycles. The van der Waals surface area contributed by atoms with E-state index in [0.29, 0.717) is 6.42 Å². The second-order valence-electron chi connectivity index (χ2n) is 6.09. The fourth-order valence-electron chi connectivity index (χ4n) is 2.80. The van der Waals surface area contributed by atoms with Crippen molar-refractivity contribution in [3.05, 3.63) is 18.2 Å². The minimum absolute atomic E-state index is 0.0764. The maximum Gasteiger partial charge on any atom is 0.247 e. The maximum atomic E-state index is 13.9. The zero-order chi connectivity index (χ0) is 16.8. The summed E-state index contributed by atoms with van der Waals surface area (Å²) in [4.78, 5) is 11.6. The van der Waals surface area contributed by atoms with E-state index in [1.165, 1.54) is 0 Å². The summed E-state index contributed by atoms with van der Waals surface area (Å²) < 4.78 is 37.1. The number of hydrogen-bond donors (Lipinski definition) is 2. The molecule has 2 aromatic heterocycles. The van der Waals surface area contributed by atoms with Gasteiger partial charge in [-0.15, -0.1) is 0 Å². The standard InChI is InChI=1S/C14H17FN4O3S/c1-14(20)5-3-4-10(14)18-12-11-8(9(15)7-16-12)6-17-13(19-11)23(2,21)22/h6-7,10,20H,3-5H2,1-2H3,(H,16,18)/t10-,14-/m1/s1. The molecule has 0 unspecified atom stereocenters. The van der Waals surface area contributed by atoms with Crippen molar-refractivity contribution >= 4 is 26.6 Å². The van der Waals surface area contributed by atoms with Gasteiger partial charge in [0.15, 0.2) is 11.6 Å². The topological polar surface area (TPSA) is 105 Å². The zero-order valence-corrected chi connectivity index (χ0v) is 13.6. The molecule has 0 aromatic carbocycles. The van der Waals surface area contributed by atoms with E-state index in [9.17, 15) is 17.9 Å². The van der Waals surface area contributed by atoms with Crippen LogP contribution in [0.2, 0.25) is 0 Å². The number of nitrogens with one attached hydrogen (secondary N) is 1. The number of halogens is 1. The van der Waals surface area contributed by atoms with Crippen LogP contribution in [0.1, 0.15) is 26.2 Å². The summed E-state index contributed by atoms with van der Waals surface area (Å²) in [6, 6.07) is -0.264. The van der Waals surface area contributed by atoms with Crippen LogP contribution in [-0.2, 0) is 9.84 Å². The smallest absolute Gasteiger partial charge is 0.247 e. The third-order valence-electron chi connectivity index (χ3n) is 4.12. The van der Waals surface area contributed by atoms with Crippen molar-refractivity contribution in [2.45, 2.75) is 43.0 Å². The Labute approximate surface area is 132 Å². The van der Waals surface area contributed by atoms with Crippen LogP contribution in [0.4, 0.5) is 10.2 Å². The number of aromatic nitrogens is 3. The van der Waals surface area contributed by atoms with Crippen LogP contribution in [0.15, 0.2) is 17.6 Å². The molecule has 0 amide bonds. The Hall–Kier alpha value is -1.87. The molecule has 1 aliphatic carbocycles. The molecule has 23 heavy (non-hydrogen) atoms. The van der Waals surface area contributed by atoms with E-state index < -0.39 is 26.4 Å². The Morgan fingerprint density at radius 2 is 2.13 bits per heavy atom. The van der Waals surface area contributed by atoms with Gasteiger partial charge >= 0.3 is 0 Å². The lowest BCUT2D eigenvalue weighted by Crippen LogP contribution is -2.39. The molecular weight excluding hydrogens is 323 g/mol.